The van der Waals surface area contributed by atoms with Gasteiger partial charge in [0.05, 0.1) is 12.7 Å². The van der Waals surface area contributed by atoms with E-state index >= 15 is 0 Å². The fraction of sp³-hybridized carbons (Fsp3) is 0.682. The van der Waals surface area contributed by atoms with E-state index in [9.17, 15) is 4.79 Å². The van der Waals surface area contributed by atoms with Gasteiger partial charge >= 0.3 is 0 Å². The zero-order chi connectivity index (χ0) is 20.2. The fourth-order valence-electron chi connectivity index (χ4n) is 4.09. The van der Waals surface area contributed by atoms with E-state index in [0.29, 0.717) is 17.4 Å². The standard InChI is InChI=1S/C22H37N3O2/c1-7-25(8-2)18-9-11-24(12-10-18)15-16-13-17(22(3,4)5)14-19(21(23)26)20(16)27-6/h13-14,18H,7-12,15H2,1-6H3,(H2,23,26). The van der Waals surface area contributed by atoms with Gasteiger partial charge in [0.1, 0.15) is 5.75 Å². The van der Waals surface area contributed by atoms with Gasteiger partial charge in [0, 0.05) is 18.2 Å². The van der Waals surface area contributed by atoms with Crippen LogP contribution in [0.4, 0.5) is 0 Å². The van der Waals surface area contributed by atoms with E-state index in [1.54, 1.807) is 7.11 Å². The maximum absolute atomic E-state index is 12.0. The Hall–Kier alpha value is -1.59. The molecule has 27 heavy (non-hydrogen) atoms. The molecule has 1 aromatic rings. The molecular weight excluding hydrogens is 338 g/mol. The fourth-order valence-corrected chi connectivity index (χ4v) is 4.09. The van der Waals surface area contributed by atoms with Crippen LogP contribution in [0.25, 0.3) is 0 Å². The Labute approximate surface area is 164 Å². The minimum atomic E-state index is -0.431. The highest BCUT2D eigenvalue weighted by molar-refractivity contribution is 5.96. The van der Waals surface area contributed by atoms with E-state index in [-0.39, 0.29) is 5.41 Å². The van der Waals surface area contributed by atoms with Crippen molar-refractivity contribution >= 4 is 5.91 Å². The lowest BCUT2D eigenvalue weighted by Crippen LogP contribution is -2.44. The van der Waals surface area contributed by atoms with Crippen LogP contribution in [0, 0.1) is 0 Å². The second-order valence-corrected chi connectivity index (χ2v) is 8.56. The first-order valence-electron chi connectivity index (χ1n) is 10.2. The predicted octanol–water partition coefficient (Wildman–Crippen LogP) is 3.40. The summed E-state index contributed by atoms with van der Waals surface area (Å²) in [7, 11) is 1.62. The molecule has 0 saturated carbocycles. The average molecular weight is 376 g/mol. The van der Waals surface area contributed by atoms with Gasteiger partial charge in [-0.25, -0.2) is 0 Å². The molecule has 0 spiro atoms. The number of hydrogen-bond donors (Lipinski definition) is 1. The van der Waals surface area contributed by atoms with E-state index in [0.717, 1.165) is 43.9 Å². The van der Waals surface area contributed by atoms with Gasteiger partial charge in [-0.1, -0.05) is 40.7 Å². The number of nitrogens with zero attached hydrogens (tertiary/aromatic N) is 2. The number of hydrogen-bond acceptors (Lipinski definition) is 4. The molecule has 0 aromatic heterocycles. The van der Waals surface area contributed by atoms with Crippen LogP contribution in [0.15, 0.2) is 12.1 Å². The van der Waals surface area contributed by atoms with E-state index in [1.807, 2.05) is 6.07 Å². The third-order valence-electron chi connectivity index (χ3n) is 5.78. The van der Waals surface area contributed by atoms with Crippen LogP contribution in [0.5, 0.6) is 5.75 Å². The second-order valence-electron chi connectivity index (χ2n) is 8.56. The molecule has 0 unspecified atom stereocenters. The lowest BCUT2D eigenvalue weighted by molar-refractivity contribution is 0.0996. The SMILES string of the molecule is CCN(CC)C1CCN(Cc2cc(C(C)(C)C)cc(C(N)=O)c2OC)CC1. The van der Waals surface area contributed by atoms with Gasteiger partial charge in [-0.2, -0.15) is 0 Å². The molecule has 1 aromatic carbocycles. The van der Waals surface area contributed by atoms with Crippen molar-refractivity contribution in [1.29, 1.82) is 0 Å². The molecule has 1 fully saturated rings. The smallest absolute Gasteiger partial charge is 0.252 e. The third kappa shape index (κ3) is 5.23. The first-order valence-corrected chi connectivity index (χ1v) is 10.2. The van der Waals surface area contributed by atoms with Crippen LogP contribution in [-0.2, 0) is 12.0 Å². The Kier molecular flexibility index (Phi) is 7.29. The van der Waals surface area contributed by atoms with Crippen LogP contribution in [0.2, 0.25) is 0 Å². The van der Waals surface area contributed by atoms with Crippen molar-refractivity contribution in [2.24, 2.45) is 5.73 Å². The highest BCUT2D eigenvalue weighted by Crippen LogP contribution is 2.33. The Morgan fingerprint density at radius 2 is 1.81 bits per heavy atom. The van der Waals surface area contributed by atoms with Crippen LogP contribution >= 0.6 is 0 Å². The van der Waals surface area contributed by atoms with Gasteiger partial charge in [-0.3, -0.25) is 9.69 Å². The number of piperidine rings is 1. The average Bonchev–Trinajstić information content (AvgIpc) is 2.62. The van der Waals surface area contributed by atoms with Crippen LogP contribution in [0.3, 0.4) is 0 Å². The summed E-state index contributed by atoms with van der Waals surface area (Å²) in [6.07, 6.45) is 2.37. The topological polar surface area (TPSA) is 58.8 Å². The Balaban J connectivity index is 2.23. The van der Waals surface area contributed by atoms with Crippen molar-refractivity contribution in [3.8, 4) is 5.75 Å². The minimum absolute atomic E-state index is 0.0546. The molecule has 1 heterocycles. The Morgan fingerprint density at radius 1 is 1.22 bits per heavy atom. The zero-order valence-corrected chi connectivity index (χ0v) is 18.0. The summed E-state index contributed by atoms with van der Waals surface area (Å²) in [5.74, 6) is 0.195. The van der Waals surface area contributed by atoms with Crippen molar-refractivity contribution in [3.05, 3.63) is 28.8 Å². The number of ether oxygens (including phenoxy) is 1. The lowest BCUT2D eigenvalue weighted by Gasteiger charge is -2.38. The van der Waals surface area contributed by atoms with E-state index in [4.69, 9.17) is 10.5 Å². The number of primary amides is 1. The van der Waals surface area contributed by atoms with E-state index < -0.39 is 5.91 Å². The molecule has 5 nitrogen and oxygen atoms in total. The number of likely N-dealkylation sites (tertiary alicyclic amines) is 1. The van der Waals surface area contributed by atoms with Crippen LogP contribution in [0.1, 0.15) is 68.9 Å². The van der Waals surface area contributed by atoms with Gasteiger partial charge in [0.15, 0.2) is 0 Å². The summed E-state index contributed by atoms with van der Waals surface area (Å²) in [5, 5.41) is 0. The number of benzene rings is 1. The molecule has 0 atom stereocenters. The molecule has 5 heteroatoms. The van der Waals surface area contributed by atoms with E-state index in [1.165, 1.54) is 12.8 Å². The first kappa shape index (κ1) is 21.7. The monoisotopic (exact) mass is 375 g/mol. The predicted molar refractivity (Wildman–Crippen MR) is 111 cm³/mol. The number of rotatable bonds is 7. The molecule has 1 saturated heterocycles. The third-order valence-corrected chi connectivity index (χ3v) is 5.78. The molecule has 1 aliphatic rings. The molecule has 2 rings (SSSR count). The summed E-state index contributed by atoms with van der Waals surface area (Å²) >= 11 is 0. The quantitative estimate of drug-likeness (QED) is 0.793. The number of amides is 1. The summed E-state index contributed by atoms with van der Waals surface area (Å²) in [4.78, 5) is 17.0. The molecule has 0 aliphatic carbocycles. The van der Waals surface area contributed by atoms with Gasteiger partial charge in [0.2, 0.25) is 0 Å². The number of nitrogens with two attached hydrogens (primary N) is 1. The molecule has 2 N–H and O–H groups in total. The molecule has 1 aliphatic heterocycles. The maximum atomic E-state index is 12.0. The van der Waals surface area contributed by atoms with Crippen molar-refractivity contribution < 1.29 is 9.53 Å². The number of methoxy groups -OCH3 is 1. The molecule has 152 valence electrons. The number of carbonyl (C=O) groups is 1. The van der Waals surface area contributed by atoms with Crippen LogP contribution in [-0.4, -0.2) is 55.0 Å². The van der Waals surface area contributed by atoms with Gasteiger partial charge in [-0.15, -0.1) is 0 Å². The van der Waals surface area contributed by atoms with Crippen LogP contribution < -0.4 is 10.5 Å². The molecular formula is C22H37N3O2. The van der Waals surface area contributed by atoms with Gasteiger partial charge < -0.3 is 15.4 Å². The summed E-state index contributed by atoms with van der Waals surface area (Å²) in [5.41, 5.74) is 8.25. The normalized spacial score (nSPS) is 16.7. The van der Waals surface area contributed by atoms with Gasteiger partial charge in [0.25, 0.3) is 5.91 Å². The lowest BCUT2D eigenvalue weighted by atomic mass is 9.84. The summed E-state index contributed by atoms with van der Waals surface area (Å²) in [6.45, 7) is 16.1. The highest BCUT2D eigenvalue weighted by Gasteiger charge is 2.26. The molecule has 0 bridgehead atoms. The van der Waals surface area contributed by atoms with Crippen molar-refractivity contribution in [2.45, 2.75) is 65.5 Å². The van der Waals surface area contributed by atoms with E-state index in [2.05, 4.69) is 50.5 Å². The maximum Gasteiger partial charge on any atom is 0.252 e. The summed E-state index contributed by atoms with van der Waals surface area (Å²) < 4.78 is 5.61. The van der Waals surface area contributed by atoms with Crippen molar-refractivity contribution in [2.75, 3.05) is 33.3 Å². The minimum Gasteiger partial charge on any atom is -0.496 e. The summed E-state index contributed by atoms with van der Waals surface area (Å²) in [6, 6.07) is 4.75. The number of carbonyl (C=O) groups excluding carboxylic acids is 1. The van der Waals surface area contributed by atoms with Crippen molar-refractivity contribution in [3.63, 3.8) is 0 Å². The van der Waals surface area contributed by atoms with Crippen molar-refractivity contribution in [1.82, 2.24) is 9.80 Å². The first-order chi connectivity index (χ1) is 12.7. The largest absolute Gasteiger partial charge is 0.496 e. The Bertz CT molecular complexity index is 640. The molecule has 0 radical (unpaired) electrons. The Morgan fingerprint density at radius 3 is 2.26 bits per heavy atom. The zero-order valence-electron chi connectivity index (χ0n) is 18.0. The van der Waals surface area contributed by atoms with Gasteiger partial charge in [-0.05, 0) is 56.1 Å². The second kappa shape index (κ2) is 9.07. The highest BCUT2D eigenvalue weighted by atomic mass is 16.5. The molecule has 1 amide bonds.